The summed E-state index contributed by atoms with van der Waals surface area (Å²) in [7, 11) is 0. The van der Waals surface area contributed by atoms with Crippen LogP contribution in [0, 0.1) is 0 Å². The topological polar surface area (TPSA) is 69.6 Å². The smallest absolute Gasteiger partial charge is 0.226 e. The van der Waals surface area contributed by atoms with E-state index >= 15 is 0 Å². The van der Waals surface area contributed by atoms with Gasteiger partial charge in [0.1, 0.15) is 0 Å². The van der Waals surface area contributed by atoms with Gasteiger partial charge >= 0.3 is 0 Å². The maximum absolute atomic E-state index is 6.00. The fourth-order valence-corrected chi connectivity index (χ4v) is 4.35. The molecule has 21 heavy (non-hydrogen) atoms. The third-order valence-electron chi connectivity index (χ3n) is 2.95. The number of aromatic nitrogens is 4. The molecule has 0 saturated heterocycles. The summed E-state index contributed by atoms with van der Waals surface area (Å²) in [5.74, 6) is 0.932. The van der Waals surface area contributed by atoms with Crippen molar-refractivity contribution in [3.8, 4) is 16.5 Å². The zero-order valence-electron chi connectivity index (χ0n) is 10.5. The molecule has 0 amide bonds. The molecule has 104 valence electrons. The quantitative estimate of drug-likeness (QED) is 0.574. The number of nitrogen functional groups attached to an aromatic ring is 1. The molecule has 0 bridgehead atoms. The Morgan fingerprint density at radius 2 is 2.00 bits per heavy atom. The number of benzene rings is 1. The minimum Gasteiger partial charge on any atom is -0.368 e. The monoisotopic (exact) mass is 377 g/mol. The highest BCUT2D eigenvalue weighted by Gasteiger charge is 2.16. The predicted molar refractivity (Wildman–Crippen MR) is 90.0 cm³/mol. The van der Waals surface area contributed by atoms with Crippen molar-refractivity contribution in [2.75, 3.05) is 5.73 Å². The van der Waals surface area contributed by atoms with Gasteiger partial charge in [-0.3, -0.25) is 0 Å². The molecule has 0 fully saturated rings. The maximum Gasteiger partial charge on any atom is 0.226 e. The molecule has 0 spiro atoms. The van der Waals surface area contributed by atoms with E-state index in [1.54, 1.807) is 16.0 Å². The Kier molecular flexibility index (Phi) is 3.02. The lowest BCUT2D eigenvalue weighted by Gasteiger charge is -1.94. The van der Waals surface area contributed by atoms with E-state index in [2.05, 4.69) is 31.0 Å². The third kappa shape index (κ3) is 2.15. The van der Waals surface area contributed by atoms with Crippen LogP contribution in [0.5, 0.6) is 0 Å². The molecule has 2 N–H and O–H groups in total. The van der Waals surface area contributed by atoms with Gasteiger partial charge in [-0.25, -0.2) is 4.98 Å². The van der Waals surface area contributed by atoms with Gasteiger partial charge in [0.25, 0.3) is 0 Å². The van der Waals surface area contributed by atoms with Crippen molar-refractivity contribution in [2.24, 2.45) is 0 Å². The molecule has 8 heteroatoms. The van der Waals surface area contributed by atoms with E-state index in [0.29, 0.717) is 11.8 Å². The second-order valence-corrected chi connectivity index (χ2v) is 6.91. The van der Waals surface area contributed by atoms with E-state index in [-0.39, 0.29) is 0 Å². The lowest BCUT2D eigenvalue weighted by atomic mass is 10.3. The first kappa shape index (κ1) is 12.9. The normalized spacial score (nSPS) is 11.3. The van der Waals surface area contributed by atoms with Crippen LogP contribution >= 0.6 is 38.6 Å². The summed E-state index contributed by atoms with van der Waals surface area (Å²) in [4.78, 5) is 8.88. The van der Waals surface area contributed by atoms with Crippen molar-refractivity contribution < 1.29 is 0 Å². The number of nitrogens with two attached hydrogens (primary N) is 1. The van der Waals surface area contributed by atoms with Crippen molar-refractivity contribution in [3.63, 3.8) is 0 Å². The van der Waals surface area contributed by atoms with Gasteiger partial charge in [0.2, 0.25) is 11.1 Å². The van der Waals surface area contributed by atoms with Crippen LogP contribution in [0.2, 0.25) is 0 Å². The molecule has 1 aromatic carbocycles. The highest BCUT2D eigenvalue weighted by atomic mass is 79.9. The third-order valence-corrected chi connectivity index (χ3v) is 5.67. The minimum atomic E-state index is 0.335. The zero-order valence-corrected chi connectivity index (χ0v) is 13.7. The highest BCUT2D eigenvalue weighted by molar-refractivity contribution is 9.10. The summed E-state index contributed by atoms with van der Waals surface area (Å²) in [5, 5.41) is 9.18. The average molecular weight is 378 g/mol. The van der Waals surface area contributed by atoms with E-state index in [1.165, 1.54) is 11.3 Å². The largest absolute Gasteiger partial charge is 0.368 e. The average Bonchev–Trinajstić information content (AvgIpc) is 3.15. The molecule has 0 aliphatic carbocycles. The van der Waals surface area contributed by atoms with Gasteiger partial charge in [-0.2, -0.15) is 21.0 Å². The van der Waals surface area contributed by atoms with Gasteiger partial charge in [-0.1, -0.05) is 23.5 Å². The lowest BCUT2D eigenvalue weighted by molar-refractivity contribution is 0.886. The van der Waals surface area contributed by atoms with Crippen molar-refractivity contribution in [1.82, 2.24) is 19.7 Å². The van der Waals surface area contributed by atoms with E-state index < -0.39 is 0 Å². The van der Waals surface area contributed by atoms with Gasteiger partial charge in [0.05, 0.1) is 10.2 Å². The highest BCUT2D eigenvalue weighted by Crippen LogP contribution is 2.31. The van der Waals surface area contributed by atoms with Crippen LogP contribution in [0.4, 0.5) is 5.95 Å². The maximum atomic E-state index is 6.00. The molecular weight excluding hydrogens is 370 g/mol. The number of hydrogen-bond acceptors (Lipinski definition) is 6. The molecule has 0 aliphatic rings. The molecule has 0 atom stereocenters. The zero-order chi connectivity index (χ0) is 14.4. The Morgan fingerprint density at radius 3 is 2.76 bits per heavy atom. The summed E-state index contributed by atoms with van der Waals surface area (Å²) in [5.41, 5.74) is 7.87. The number of thiazole rings is 1. The van der Waals surface area contributed by atoms with Crippen LogP contribution in [0.1, 0.15) is 0 Å². The first-order chi connectivity index (χ1) is 10.2. The van der Waals surface area contributed by atoms with Crippen LogP contribution in [0.15, 0.2) is 39.5 Å². The van der Waals surface area contributed by atoms with Gasteiger partial charge in [-0.05, 0) is 28.1 Å². The van der Waals surface area contributed by atoms with Crippen molar-refractivity contribution in [2.45, 2.75) is 0 Å². The Bertz CT molecular complexity index is 906. The van der Waals surface area contributed by atoms with Crippen LogP contribution in [-0.4, -0.2) is 19.7 Å². The molecule has 0 radical (unpaired) electrons. The molecular formula is C13H8BrN5S2. The second-order valence-electron chi connectivity index (χ2n) is 4.30. The lowest BCUT2D eigenvalue weighted by Crippen LogP contribution is -2.01. The van der Waals surface area contributed by atoms with Crippen molar-refractivity contribution in [3.05, 3.63) is 39.5 Å². The molecule has 3 aromatic heterocycles. The first-order valence-electron chi connectivity index (χ1n) is 6.03. The van der Waals surface area contributed by atoms with Gasteiger partial charge < -0.3 is 5.73 Å². The summed E-state index contributed by atoms with van der Waals surface area (Å²) in [6.07, 6.45) is 0. The van der Waals surface area contributed by atoms with E-state index in [9.17, 15) is 0 Å². The van der Waals surface area contributed by atoms with Crippen LogP contribution in [0.3, 0.4) is 0 Å². The fraction of sp³-hybridized carbons (Fsp3) is 0. The number of thiophene rings is 1. The molecule has 4 rings (SSSR count). The Morgan fingerprint density at radius 1 is 1.14 bits per heavy atom. The molecule has 0 aliphatic heterocycles. The van der Waals surface area contributed by atoms with Crippen molar-refractivity contribution >= 4 is 54.8 Å². The number of anilines is 1. The summed E-state index contributed by atoms with van der Waals surface area (Å²) in [6, 6.07) is 7.95. The Hall–Kier alpha value is -1.77. The van der Waals surface area contributed by atoms with Crippen LogP contribution in [-0.2, 0) is 0 Å². The number of para-hydroxylation sites is 1. The van der Waals surface area contributed by atoms with E-state index in [0.717, 1.165) is 25.4 Å². The number of nitrogens with zero attached hydrogens (tertiary/aromatic N) is 4. The second kappa shape index (κ2) is 4.90. The van der Waals surface area contributed by atoms with Gasteiger partial charge in [0, 0.05) is 20.8 Å². The Labute approximate surface area is 136 Å². The van der Waals surface area contributed by atoms with Crippen molar-refractivity contribution in [1.29, 1.82) is 0 Å². The summed E-state index contributed by atoms with van der Waals surface area (Å²) in [6.45, 7) is 0. The van der Waals surface area contributed by atoms with Crippen LogP contribution < -0.4 is 5.73 Å². The van der Waals surface area contributed by atoms with Crippen LogP contribution in [0.25, 0.3) is 26.7 Å². The SMILES string of the molecule is Nc1nc(-c2cscc2Br)nn1-c1nc2ccccc2s1. The minimum absolute atomic E-state index is 0.335. The standard InChI is InChI=1S/C13H8BrN5S2/c14-8-6-20-5-7(8)11-17-12(15)19(18-11)13-16-9-3-1-2-4-10(9)21-13/h1-6H,(H2,15,17,18). The summed E-state index contributed by atoms with van der Waals surface area (Å²) < 4.78 is 3.65. The molecule has 3 heterocycles. The van der Waals surface area contributed by atoms with Gasteiger partial charge in [0.15, 0.2) is 5.82 Å². The summed E-state index contributed by atoms with van der Waals surface area (Å²) >= 11 is 6.61. The predicted octanol–water partition coefficient (Wildman–Crippen LogP) is 3.95. The van der Waals surface area contributed by atoms with Gasteiger partial charge in [-0.15, -0.1) is 5.10 Å². The van der Waals surface area contributed by atoms with E-state index in [1.807, 2.05) is 35.0 Å². The first-order valence-corrected chi connectivity index (χ1v) is 8.58. The molecule has 0 unspecified atom stereocenters. The number of rotatable bonds is 2. The molecule has 0 saturated carbocycles. The molecule has 4 aromatic rings. The molecule has 5 nitrogen and oxygen atoms in total. The van der Waals surface area contributed by atoms with E-state index in [4.69, 9.17) is 5.73 Å². The number of fused-ring (bicyclic) bond motifs is 1. The Balaban J connectivity index is 1.85. The number of halogens is 1. The fourth-order valence-electron chi connectivity index (χ4n) is 1.97. The number of hydrogen-bond donors (Lipinski definition) is 1.